The molecule has 0 aromatic carbocycles. The number of hydrogen-bond acceptors (Lipinski definition) is 3. The van der Waals surface area contributed by atoms with Gasteiger partial charge >= 0.3 is 0 Å². The summed E-state index contributed by atoms with van der Waals surface area (Å²) in [5, 5.41) is 10.1. The molecule has 1 aliphatic heterocycles. The summed E-state index contributed by atoms with van der Waals surface area (Å²) in [6, 6.07) is 0. The van der Waals surface area contributed by atoms with Crippen molar-refractivity contribution in [2.24, 2.45) is 23.5 Å². The van der Waals surface area contributed by atoms with Gasteiger partial charge in [-0.3, -0.25) is 4.79 Å². The predicted molar refractivity (Wildman–Crippen MR) is 73.0 cm³/mol. The van der Waals surface area contributed by atoms with Gasteiger partial charge < -0.3 is 15.7 Å². The van der Waals surface area contributed by atoms with Crippen LogP contribution in [0.15, 0.2) is 0 Å². The van der Waals surface area contributed by atoms with Gasteiger partial charge in [0, 0.05) is 6.42 Å². The van der Waals surface area contributed by atoms with Crippen molar-refractivity contribution in [2.75, 3.05) is 19.6 Å². The third kappa shape index (κ3) is 3.69. The van der Waals surface area contributed by atoms with E-state index in [4.69, 9.17) is 5.73 Å². The lowest BCUT2D eigenvalue weighted by Gasteiger charge is -2.49. The quantitative estimate of drug-likeness (QED) is 0.751. The number of aliphatic hydroxyl groups is 1. The van der Waals surface area contributed by atoms with Crippen molar-refractivity contribution in [1.29, 1.82) is 0 Å². The zero-order valence-corrected chi connectivity index (χ0v) is 12.1. The molecule has 1 amide bonds. The zero-order valence-electron chi connectivity index (χ0n) is 12.1. The van der Waals surface area contributed by atoms with E-state index in [1.54, 1.807) is 4.90 Å². The van der Waals surface area contributed by atoms with Crippen LogP contribution in [0.3, 0.4) is 0 Å². The molecule has 3 N–H and O–H groups in total. The van der Waals surface area contributed by atoms with Crippen molar-refractivity contribution in [2.45, 2.75) is 46.1 Å². The van der Waals surface area contributed by atoms with Gasteiger partial charge in [0.15, 0.2) is 0 Å². The lowest BCUT2D eigenvalue weighted by Crippen LogP contribution is -2.66. The molecule has 1 aliphatic rings. The van der Waals surface area contributed by atoms with Crippen LogP contribution in [-0.4, -0.2) is 41.1 Å². The topological polar surface area (TPSA) is 66.6 Å². The van der Waals surface area contributed by atoms with Crippen LogP contribution in [0.4, 0.5) is 0 Å². The Morgan fingerprint density at radius 2 is 1.89 bits per heavy atom. The maximum Gasteiger partial charge on any atom is 0.223 e. The third-order valence-electron chi connectivity index (χ3n) is 3.96. The summed E-state index contributed by atoms with van der Waals surface area (Å²) in [7, 11) is 0. The van der Waals surface area contributed by atoms with Gasteiger partial charge in [0.25, 0.3) is 0 Å². The SMILES string of the molecule is CC(C)C[C@H](CN)CC(=O)N1CC(O)(C(C)C)C1. The largest absolute Gasteiger partial charge is 0.386 e. The lowest BCUT2D eigenvalue weighted by atomic mass is 9.82. The number of hydrogen-bond donors (Lipinski definition) is 2. The zero-order chi connectivity index (χ0) is 13.9. The van der Waals surface area contributed by atoms with E-state index in [0.29, 0.717) is 32.0 Å². The first-order valence-corrected chi connectivity index (χ1v) is 6.98. The molecule has 1 saturated heterocycles. The monoisotopic (exact) mass is 256 g/mol. The van der Waals surface area contributed by atoms with Crippen LogP contribution in [-0.2, 0) is 4.79 Å². The fourth-order valence-corrected chi connectivity index (χ4v) is 2.46. The summed E-state index contributed by atoms with van der Waals surface area (Å²) >= 11 is 0. The van der Waals surface area contributed by atoms with E-state index in [2.05, 4.69) is 13.8 Å². The Morgan fingerprint density at radius 1 is 1.33 bits per heavy atom. The van der Waals surface area contributed by atoms with E-state index in [0.717, 1.165) is 6.42 Å². The molecule has 0 saturated carbocycles. The molecule has 1 atom stereocenters. The smallest absolute Gasteiger partial charge is 0.223 e. The average molecular weight is 256 g/mol. The Hall–Kier alpha value is -0.610. The van der Waals surface area contributed by atoms with Crippen LogP contribution < -0.4 is 5.73 Å². The van der Waals surface area contributed by atoms with Gasteiger partial charge in [0.05, 0.1) is 13.1 Å². The van der Waals surface area contributed by atoms with Gasteiger partial charge in [0.2, 0.25) is 5.91 Å². The Labute approximate surface area is 111 Å². The van der Waals surface area contributed by atoms with E-state index in [-0.39, 0.29) is 17.7 Å². The molecule has 106 valence electrons. The first-order valence-electron chi connectivity index (χ1n) is 6.98. The number of carbonyl (C=O) groups is 1. The summed E-state index contributed by atoms with van der Waals surface area (Å²) in [5.41, 5.74) is 5.04. The standard InChI is InChI=1S/C14H28N2O2/c1-10(2)5-12(7-15)6-13(17)16-8-14(18,9-16)11(3)4/h10-12,18H,5-9,15H2,1-4H3/t12-/m0/s1. The molecule has 0 aromatic rings. The van der Waals surface area contributed by atoms with Crippen LogP contribution in [0.25, 0.3) is 0 Å². The number of β-amino-alcohol motifs (C(OH)–C–C–N with tert-alkyl or cyclic N) is 1. The molecule has 1 heterocycles. The van der Waals surface area contributed by atoms with E-state index in [9.17, 15) is 9.90 Å². The fourth-order valence-electron chi connectivity index (χ4n) is 2.46. The molecule has 4 nitrogen and oxygen atoms in total. The number of amides is 1. The molecule has 0 bridgehead atoms. The minimum absolute atomic E-state index is 0.136. The first-order chi connectivity index (χ1) is 8.28. The van der Waals surface area contributed by atoms with Crippen molar-refractivity contribution in [3.05, 3.63) is 0 Å². The van der Waals surface area contributed by atoms with Crippen molar-refractivity contribution < 1.29 is 9.90 Å². The number of nitrogens with zero attached hydrogens (tertiary/aromatic N) is 1. The summed E-state index contributed by atoms with van der Waals surface area (Å²) < 4.78 is 0. The van der Waals surface area contributed by atoms with E-state index in [1.807, 2.05) is 13.8 Å². The molecule has 0 spiro atoms. The third-order valence-corrected chi connectivity index (χ3v) is 3.96. The maximum atomic E-state index is 12.0. The van der Waals surface area contributed by atoms with Crippen LogP contribution in [0.5, 0.6) is 0 Å². The normalized spacial score (nSPS) is 20.1. The highest BCUT2D eigenvalue weighted by Gasteiger charge is 2.45. The molecule has 4 heteroatoms. The highest BCUT2D eigenvalue weighted by Crippen LogP contribution is 2.29. The Morgan fingerprint density at radius 3 is 2.28 bits per heavy atom. The Kier molecular flexibility index (Phi) is 5.17. The summed E-state index contributed by atoms with van der Waals surface area (Å²) in [5.74, 6) is 1.17. The highest BCUT2D eigenvalue weighted by atomic mass is 16.3. The molecule has 0 radical (unpaired) electrons. The van der Waals surface area contributed by atoms with Crippen molar-refractivity contribution in [3.8, 4) is 0 Å². The van der Waals surface area contributed by atoms with Gasteiger partial charge in [0.1, 0.15) is 5.60 Å². The van der Waals surface area contributed by atoms with E-state index < -0.39 is 5.60 Å². The maximum absolute atomic E-state index is 12.0. The van der Waals surface area contributed by atoms with E-state index in [1.165, 1.54) is 0 Å². The van der Waals surface area contributed by atoms with Gasteiger partial charge in [-0.2, -0.15) is 0 Å². The summed E-state index contributed by atoms with van der Waals surface area (Å²) in [6.07, 6.45) is 1.51. The molecule has 1 rings (SSSR count). The number of nitrogens with two attached hydrogens (primary N) is 1. The Bertz CT molecular complexity index is 284. The molecule has 0 aromatic heterocycles. The van der Waals surface area contributed by atoms with E-state index >= 15 is 0 Å². The van der Waals surface area contributed by atoms with Crippen LogP contribution >= 0.6 is 0 Å². The molecular weight excluding hydrogens is 228 g/mol. The minimum atomic E-state index is -0.675. The molecular formula is C14H28N2O2. The first kappa shape index (κ1) is 15.4. The fraction of sp³-hybridized carbons (Fsp3) is 0.929. The number of rotatable bonds is 6. The van der Waals surface area contributed by atoms with Gasteiger partial charge in [-0.15, -0.1) is 0 Å². The number of carbonyl (C=O) groups excluding carboxylic acids is 1. The van der Waals surface area contributed by atoms with Gasteiger partial charge in [-0.1, -0.05) is 27.7 Å². The Balaban J connectivity index is 2.39. The summed E-state index contributed by atoms with van der Waals surface area (Å²) in [4.78, 5) is 13.8. The molecule has 18 heavy (non-hydrogen) atoms. The second kappa shape index (κ2) is 6.02. The van der Waals surface area contributed by atoms with Crippen molar-refractivity contribution >= 4 is 5.91 Å². The summed E-state index contributed by atoms with van der Waals surface area (Å²) in [6.45, 7) is 9.78. The van der Waals surface area contributed by atoms with Crippen LogP contribution in [0, 0.1) is 17.8 Å². The molecule has 0 unspecified atom stereocenters. The predicted octanol–water partition coefficient (Wildman–Crippen LogP) is 1.23. The van der Waals surface area contributed by atoms with Crippen molar-refractivity contribution in [1.82, 2.24) is 4.90 Å². The second-order valence-corrected chi connectivity index (χ2v) is 6.44. The minimum Gasteiger partial charge on any atom is -0.386 e. The molecule has 1 fully saturated rings. The molecule has 0 aliphatic carbocycles. The van der Waals surface area contributed by atoms with Gasteiger partial charge in [-0.25, -0.2) is 0 Å². The average Bonchev–Trinajstić information content (AvgIpc) is 2.22. The van der Waals surface area contributed by atoms with Crippen LogP contribution in [0.1, 0.15) is 40.5 Å². The lowest BCUT2D eigenvalue weighted by molar-refractivity contribution is -0.164. The van der Waals surface area contributed by atoms with Crippen molar-refractivity contribution in [3.63, 3.8) is 0 Å². The highest BCUT2D eigenvalue weighted by molar-refractivity contribution is 5.77. The number of likely N-dealkylation sites (tertiary alicyclic amines) is 1. The second-order valence-electron chi connectivity index (χ2n) is 6.44. The van der Waals surface area contributed by atoms with Gasteiger partial charge in [-0.05, 0) is 30.7 Å². The van der Waals surface area contributed by atoms with Crippen LogP contribution in [0.2, 0.25) is 0 Å².